The third-order valence-corrected chi connectivity index (χ3v) is 5.54. The number of urea groups is 1. The Bertz CT molecular complexity index is 1100. The van der Waals surface area contributed by atoms with Crippen LogP contribution in [0.3, 0.4) is 0 Å². The van der Waals surface area contributed by atoms with Crippen LogP contribution < -0.4 is 10.1 Å². The van der Waals surface area contributed by atoms with Gasteiger partial charge >= 0.3 is 6.03 Å². The van der Waals surface area contributed by atoms with Crippen LogP contribution in [0.4, 0.5) is 10.5 Å². The molecule has 2 fully saturated rings. The normalized spacial score (nSPS) is 18.2. The van der Waals surface area contributed by atoms with Gasteiger partial charge in [-0.2, -0.15) is 0 Å². The maximum absolute atomic E-state index is 12.8. The Morgan fingerprint density at radius 2 is 1.81 bits per heavy atom. The van der Waals surface area contributed by atoms with Crippen molar-refractivity contribution in [3.8, 4) is 5.75 Å². The minimum Gasteiger partial charge on any atom is -0.489 e. The third-order valence-electron chi connectivity index (χ3n) is 5.54. The fraction of sp³-hybridized carbons (Fsp3) is 0.261. The van der Waals surface area contributed by atoms with E-state index < -0.39 is 22.8 Å². The number of nitrogens with zero attached hydrogens (tertiary/aromatic N) is 2. The molecule has 1 N–H and O–H groups in total. The van der Waals surface area contributed by atoms with E-state index in [1.165, 1.54) is 18.2 Å². The lowest BCUT2D eigenvalue weighted by molar-refractivity contribution is -0.384. The van der Waals surface area contributed by atoms with Gasteiger partial charge in [0.1, 0.15) is 17.9 Å². The van der Waals surface area contributed by atoms with Crippen molar-refractivity contribution in [3.63, 3.8) is 0 Å². The molecule has 1 heterocycles. The zero-order valence-corrected chi connectivity index (χ0v) is 17.2. The predicted molar refractivity (Wildman–Crippen MR) is 114 cm³/mol. The van der Waals surface area contributed by atoms with E-state index in [9.17, 15) is 24.5 Å². The highest BCUT2D eigenvalue weighted by atomic mass is 16.6. The second-order valence-electron chi connectivity index (χ2n) is 7.72. The van der Waals surface area contributed by atoms with Crippen molar-refractivity contribution in [2.75, 3.05) is 0 Å². The molecule has 1 aliphatic heterocycles. The molecule has 4 amide bonds. The van der Waals surface area contributed by atoms with Gasteiger partial charge in [0.05, 0.1) is 4.92 Å². The lowest BCUT2D eigenvalue weighted by Gasteiger charge is -2.31. The van der Waals surface area contributed by atoms with E-state index in [2.05, 4.69) is 5.32 Å². The number of amides is 4. The van der Waals surface area contributed by atoms with E-state index in [-0.39, 0.29) is 23.9 Å². The van der Waals surface area contributed by atoms with Crippen LogP contribution in [0.15, 0.2) is 54.1 Å². The molecule has 32 heavy (non-hydrogen) atoms. The van der Waals surface area contributed by atoms with Crippen molar-refractivity contribution in [2.24, 2.45) is 0 Å². The number of hydrogen-bond donors (Lipinski definition) is 1. The quantitative estimate of drug-likeness (QED) is 0.321. The van der Waals surface area contributed by atoms with Gasteiger partial charge in [-0.25, -0.2) is 4.79 Å². The molecule has 1 saturated carbocycles. The van der Waals surface area contributed by atoms with Gasteiger partial charge in [0.2, 0.25) is 0 Å². The summed E-state index contributed by atoms with van der Waals surface area (Å²) in [5.41, 5.74) is 1.17. The molecule has 2 aromatic carbocycles. The molecular weight excluding hydrogens is 414 g/mol. The number of carbonyl (C=O) groups is 3. The Morgan fingerprint density at radius 3 is 2.50 bits per heavy atom. The Labute approximate surface area is 183 Å². The maximum atomic E-state index is 12.8. The Hall–Kier alpha value is -4.01. The molecule has 0 unspecified atom stereocenters. The summed E-state index contributed by atoms with van der Waals surface area (Å²) in [5, 5.41) is 13.1. The summed E-state index contributed by atoms with van der Waals surface area (Å²) in [7, 11) is 0. The van der Waals surface area contributed by atoms with Crippen LogP contribution in [0.2, 0.25) is 0 Å². The van der Waals surface area contributed by atoms with Gasteiger partial charge in [0.15, 0.2) is 0 Å². The monoisotopic (exact) mass is 435 g/mol. The van der Waals surface area contributed by atoms with Crippen LogP contribution in [-0.2, 0) is 16.2 Å². The molecular formula is C23H21N3O6. The molecule has 0 atom stereocenters. The number of nitro groups is 1. The van der Waals surface area contributed by atoms with Gasteiger partial charge in [-0.15, -0.1) is 0 Å². The molecule has 9 nitrogen and oxygen atoms in total. The van der Waals surface area contributed by atoms with E-state index in [4.69, 9.17) is 4.74 Å². The van der Waals surface area contributed by atoms with Gasteiger partial charge in [-0.05, 0) is 42.2 Å². The number of non-ortho nitro benzene ring substituents is 1. The lowest BCUT2D eigenvalue weighted by atomic mass is 10.1. The second kappa shape index (κ2) is 9.01. The summed E-state index contributed by atoms with van der Waals surface area (Å²) < 4.78 is 5.67. The fourth-order valence-corrected chi connectivity index (χ4v) is 3.92. The second-order valence-corrected chi connectivity index (χ2v) is 7.72. The van der Waals surface area contributed by atoms with Gasteiger partial charge in [-0.1, -0.05) is 37.1 Å². The summed E-state index contributed by atoms with van der Waals surface area (Å²) in [6.45, 7) is 0.154. The number of nitro benzene ring substituents is 1. The van der Waals surface area contributed by atoms with E-state index in [0.717, 1.165) is 30.6 Å². The van der Waals surface area contributed by atoms with Crippen molar-refractivity contribution in [2.45, 2.75) is 38.3 Å². The number of rotatable bonds is 6. The van der Waals surface area contributed by atoms with Crippen LogP contribution in [0.25, 0.3) is 6.08 Å². The fourth-order valence-electron chi connectivity index (χ4n) is 3.92. The molecule has 1 aliphatic carbocycles. The molecule has 2 aliphatic rings. The maximum Gasteiger partial charge on any atom is 0.331 e. The largest absolute Gasteiger partial charge is 0.489 e. The van der Waals surface area contributed by atoms with Crippen LogP contribution in [0.5, 0.6) is 5.75 Å². The van der Waals surface area contributed by atoms with Gasteiger partial charge in [0.25, 0.3) is 17.5 Å². The number of hydrogen-bond acceptors (Lipinski definition) is 6. The Balaban J connectivity index is 1.45. The minimum absolute atomic E-state index is 0.00590. The molecule has 0 aromatic heterocycles. The van der Waals surface area contributed by atoms with Crippen LogP contribution in [-0.4, -0.2) is 33.7 Å². The number of imide groups is 2. The molecule has 0 spiro atoms. The molecule has 0 radical (unpaired) electrons. The van der Waals surface area contributed by atoms with E-state index >= 15 is 0 Å². The summed E-state index contributed by atoms with van der Waals surface area (Å²) in [6.07, 6.45) is 4.85. The van der Waals surface area contributed by atoms with Gasteiger partial charge in [-0.3, -0.25) is 29.9 Å². The first kappa shape index (κ1) is 21.2. The van der Waals surface area contributed by atoms with E-state index in [0.29, 0.717) is 16.9 Å². The Morgan fingerprint density at radius 1 is 1.09 bits per heavy atom. The number of carbonyl (C=O) groups excluding carboxylic acids is 3. The highest BCUT2D eigenvalue weighted by Gasteiger charge is 2.40. The highest BCUT2D eigenvalue weighted by molar-refractivity contribution is 6.31. The molecule has 1 saturated heterocycles. The van der Waals surface area contributed by atoms with Gasteiger partial charge in [0, 0.05) is 18.2 Å². The molecule has 4 rings (SSSR count). The molecule has 2 aromatic rings. The van der Waals surface area contributed by atoms with Crippen LogP contribution >= 0.6 is 0 Å². The molecule has 0 bridgehead atoms. The number of nitrogens with one attached hydrogen (secondary N) is 1. The first-order chi connectivity index (χ1) is 15.4. The van der Waals surface area contributed by atoms with Crippen LogP contribution in [0, 0.1) is 10.1 Å². The van der Waals surface area contributed by atoms with Crippen molar-refractivity contribution >= 4 is 29.6 Å². The van der Waals surface area contributed by atoms with Crippen molar-refractivity contribution in [3.05, 3.63) is 75.3 Å². The number of benzene rings is 2. The smallest absolute Gasteiger partial charge is 0.331 e. The average Bonchev–Trinajstić information content (AvgIpc) is 3.30. The van der Waals surface area contributed by atoms with Crippen molar-refractivity contribution in [1.29, 1.82) is 0 Å². The van der Waals surface area contributed by atoms with Crippen molar-refractivity contribution < 1.29 is 24.0 Å². The zero-order chi connectivity index (χ0) is 22.7. The summed E-state index contributed by atoms with van der Waals surface area (Å²) in [6, 6.07) is 12.1. The van der Waals surface area contributed by atoms with Gasteiger partial charge < -0.3 is 4.74 Å². The Kier molecular flexibility index (Phi) is 5.98. The molecule has 164 valence electrons. The van der Waals surface area contributed by atoms with Crippen LogP contribution in [0.1, 0.15) is 36.8 Å². The first-order valence-corrected chi connectivity index (χ1v) is 10.3. The minimum atomic E-state index is -0.708. The van der Waals surface area contributed by atoms with Crippen molar-refractivity contribution in [1.82, 2.24) is 10.2 Å². The zero-order valence-electron chi connectivity index (χ0n) is 17.2. The SMILES string of the molecule is O=C1NC(=O)N(C2CCCC2)C(=O)/C1=C/c1ccc(OCc2cccc([N+](=O)[O-])c2)cc1. The number of ether oxygens (including phenoxy) is 1. The standard InChI is InChI=1S/C23H21N3O6/c27-21-20(22(28)25(23(29)24-21)17-5-1-2-6-17)13-15-8-10-19(11-9-15)32-14-16-4-3-7-18(12-16)26(30)31/h3-4,7-13,17H,1-2,5-6,14H2,(H,24,27,29)/b20-13+. The summed E-state index contributed by atoms with van der Waals surface area (Å²) in [4.78, 5) is 48.9. The highest BCUT2D eigenvalue weighted by Crippen LogP contribution is 2.27. The topological polar surface area (TPSA) is 119 Å². The average molecular weight is 435 g/mol. The van der Waals surface area contributed by atoms with E-state index in [1.807, 2.05) is 0 Å². The molecule has 9 heteroatoms. The lowest BCUT2D eigenvalue weighted by Crippen LogP contribution is -2.57. The predicted octanol–water partition coefficient (Wildman–Crippen LogP) is 3.58. The third kappa shape index (κ3) is 4.51. The number of barbiturate groups is 1. The van der Waals surface area contributed by atoms with E-state index in [1.54, 1.807) is 36.4 Å². The first-order valence-electron chi connectivity index (χ1n) is 10.3. The summed E-state index contributed by atoms with van der Waals surface area (Å²) >= 11 is 0. The summed E-state index contributed by atoms with van der Waals surface area (Å²) in [5.74, 6) is -0.752.